The van der Waals surface area contributed by atoms with E-state index in [1.54, 1.807) is 13.0 Å². The molecule has 0 unspecified atom stereocenters. The maximum atomic E-state index is 10.6. The Bertz CT molecular complexity index is 340. The molecule has 1 aromatic rings. The number of carboxylic acids is 1. The first-order valence-electron chi connectivity index (χ1n) is 3.89. The Morgan fingerprint density at radius 3 is 2.36 bits per heavy atom. The van der Waals surface area contributed by atoms with Crippen molar-refractivity contribution in [3.63, 3.8) is 0 Å². The predicted molar refractivity (Wildman–Crippen MR) is 57.7 cm³/mol. The van der Waals surface area contributed by atoms with Crippen molar-refractivity contribution >= 4 is 23.3 Å². The van der Waals surface area contributed by atoms with E-state index in [0.29, 0.717) is 10.6 Å². The van der Waals surface area contributed by atoms with Crippen molar-refractivity contribution in [2.45, 2.75) is 6.92 Å². The highest BCUT2D eigenvalue weighted by Crippen LogP contribution is 2.22. The molecule has 0 saturated heterocycles. The molecule has 0 spiro atoms. The molecule has 0 heterocycles. The highest BCUT2D eigenvalue weighted by Gasteiger charge is 2.10. The molecule has 5 heteroatoms. The Balaban J connectivity index is 0.000000791. The number of rotatable bonds is 1. The Morgan fingerprint density at radius 2 is 1.93 bits per heavy atom. The van der Waals surface area contributed by atoms with Gasteiger partial charge in [-0.25, -0.2) is 4.79 Å². The zero-order valence-electron chi connectivity index (χ0n) is 8.04. The quantitative estimate of drug-likeness (QED) is 0.621. The lowest BCUT2D eigenvalue weighted by Gasteiger charge is -2.04. The van der Waals surface area contributed by atoms with Crippen LogP contribution in [0.3, 0.4) is 0 Å². The summed E-state index contributed by atoms with van der Waals surface area (Å²) in [5.41, 5.74) is 11.0. The van der Waals surface area contributed by atoms with Crippen molar-refractivity contribution in [1.82, 2.24) is 0 Å². The monoisotopic (exact) mass is 216 g/mol. The van der Waals surface area contributed by atoms with Gasteiger partial charge in [0.05, 0.1) is 5.56 Å². The van der Waals surface area contributed by atoms with Gasteiger partial charge in [0.25, 0.3) is 0 Å². The molecular formula is C9H13ClN2O2. The third-order valence-corrected chi connectivity index (χ3v) is 1.80. The minimum Gasteiger partial charge on any atom is -0.478 e. The summed E-state index contributed by atoms with van der Waals surface area (Å²) in [6.45, 7) is 1.72. The molecule has 0 amide bonds. The van der Waals surface area contributed by atoms with E-state index in [1.165, 1.54) is 13.1 Å². The molecule has 4 nitrogen and oxygen atoms in total. The summed E-state index contributed by atoms with van der Waals surface area (Å²) in [4.78, 5) is 10.6. The third-order valence-electron chi connectivity index (χ3n) is 1.58. The number of nitrogen functional groups attached to an aromatic ring is 1. The largest absolute Gasteiger partial charge is 0.478 e. The smallest absolute Gasteiger partial charge is 0.337 e. The molecular weight excluding hydrogens is 204 g/mol. The second-order valence-corrected chi connectivity index (χ2v) is 2.93. The first-order chi connectivity index (χ1) is 6.52. The summed E-state index contributed by atoms with van der Waals surface area (Å²) in [7, 11) is 1.50. The van der Waals surface area contributed by atoms with Crippen LogP contribution >= 0.6 is 11.6 Å². The van der Waals surface area contributed by atoms with Crippen LogP contribution in [-0.2, 0) is 0 Å². The summed E-state index contributed by atoms with van der Waals surface area (Å²) in [6, 6.07) is 2.97. The maximum absolute atomic E-state index is 10.6. The first kappa shape index (κ1) is 12.7. The molecule has 0 aromatic heterocycles. The Morgan fingerprint density at radius 1 is 1.43 bits per heavy atom. The third kappa shape index (κ3) is 2.90. The van der Waals surface area contributed by atoms with Crippen LogP contribution in [-0.4, -0.2) is 18.1 Å². The van der Waals surface area contributed by atoms with E-state index < -0.39 is 5.97 Å². The predicted octanol–water partition coefficient (Wildman–Crippen LogP) is 1.50. The molecule has 14 heavy (non-hydrogen) atoms. The van der Waals surface area contributed by atoms with Crippen LogP contribution in [0.4, 0.5) is 5.69 Å². The molecule has 78 valence electrons. The lowest BCUT2D eigenvalue weighted by atomic mass is 10.1. The zero-order valence-corrected chi connectivity index (χ0v) is 8.80. The van der Waals surface area contributed by atoms with Gasteiger partial charge in [0.2, 0.25) is 0 Å². The van der Waals surface area contributed by atoms with E-state index in [-0.39, 0.29) is 11.3 Å². The minimum atomic E-state index is -1.06. The molecule has 0 atom stereocenters. The van der Waals surface area contributed by atoms with Crippen molar-refractivity contribution in [1.29, 1.82) is 0 Å². The molecule has 0 aliphatic carbocycles. The molecule has 0 aliphatic rings. The van der Waals surface area contributed by atoms with Gasteiger partial charge in [0.1, 0.15) is 0 Å². The summed E-state index contributed by atoms with van der Waals surface area (Å²) >= 11 is 5.65. The highest BCUT2D eigenvalue weighted by atomic mass is 35.5. The fourth-order valence-electron chi connectivity index (χ4n) is 0.931. The zero-order chi connectivity index (χ0) is 11.3. The topological polar surface area (TPSA) is 89.3 Å². The van der Waals surface area contributed by atoms with Crippen LogP contribution in [0.5, 0.6) is 0 Å². The molecule has 0 fully saturated rings. The summed E-state index contributed by atoms with van der Waals surface area (Å²) in [6.07, 6.45) is 0. The minimum absolute atomic E-state index is 0.0556. The molecule has 5 N–H and O–H groups in total. The average molecular weight is 217 g/mol. The van der Waals surface area contributed by atoms with E-state index in [0.717, 1.165) is 0 Å². The van der Waals surface area contributed by atoms with Crippen LogP contribution in [0.1, 0.15) is 15.9 Å². The van der Waals surface area contributed by atoms with Gasteiger partial charge in [0, 0.05) is 10.7 Å². The number of benzene rings is 1. The number of aromatic carboxylic acids is 1. The van der Waals surface area contributed by atoms with Gasteiger partial charge in [-0.15, -0.1) is 0 Å². The molecule has 0 radical (unpaired) electrons. The SMILES string of the molecule is CN.Cc1cc(Cl)cc(C(=O)O)c1N. The Hall–Kier alpha value is -1.26. The number of carboxylic acid groups (broad SMARTS) is 1. The van der Waals surface area contributed by atoms with Crippen molar-refractivity contribution in [2.24, 2.45) is 5.73 Å². The molecule has 1 aromatic carbocycles. The van der Waals surface area contributed by atoms with Crippen LogP contribution < -0.4 is 11.5 Å². The molecule has 0 bridgehead atoms. The van der Waals surface area contributed by atoms with Crippen LogP contribution in [0.15, 0.2) is 12.1 Å². The molecule has 1 rings (SSSR count). The van der Waals surface area contributed by atoms with E-state index in [9.17, 15) is 4.79 Å². The first-order valence-corrected chi connectivity index (χ1v) is 4.27. The van der Waals surface area contributed by atoms with Gasteiger partial charge in [-0.2, -0.15) is 0 Å². The summed E-state index contributed by atoms with van der Waals surface area (Å²) in [5.74, 6) is -1.06. The van der Waals surface area contributed by atoms with Gasteiger partial charge >= 0.3 is 5.97 Å². The summed E-state index contributed by atoms with van der Waals surface area (Å²) < 4.78 is 0. The van der Waals surface area contributed by atoms with Gasteiger partial charge in [-0.3, -0.25) is 0 Å². The number of hydrogen-bond acceptors (Lipinski definition) is 3. The number of halogens is 1. The highest BCUT2D eigenvalue weighted by molar-refractivity contribution is 6.31. The standard InChI is InChI=1S/C8H8ClNO2.CH5N/c1-4-2-5(9)3-6(7(4)10)8(11)12;1-2/h2-3H,10H2,1H3,(H,11,12);2H2,1H3. The second kappa shape index (κ2) is 5.47. The lowest BCUT2D eigenvalue weighted by Crippen LogP contribution is -2.03. The maximum Gasteiger partial charge on any atom is 0.337 e. The van der Waals surface area contributed by atoms with Crippen molar-refractivity contribution in [2.75, 3.05) is 12.8 Å². The number of anilines is 1. The molecule has 0 aliphatic heterocycles. The fraction of sp³-hybridized carbons (Fsp3) is 0.222. The van der Waals surface area contributed by atoms with Gasteiger partial charge in [-0.05, 0) is 31.7 Å². The fourth-order valence-corrected chi connectivity index (χ4v) is 1.20. The van der Waals surface area contributed by atoms with Gasteiger partial charge in [0.15, 0.2) is 0 Å². The average Bonchev–Trinajstić information content (AvgIpc) is 2.14. The number of carbonyl (C=O) groups is 1. The Kier molecular flexibility index (Phi) is 4.97. The second-order valence-electron chi connectivity index (χ2n) is 2.49. The van der Waals surface area contributed by atoms with Gasteiger partial charge in [-0.1, -0.05) is 11.6 Å². The van der Waals surface area contributed by atoms with Crippen molar-refractivity contribution in [3.05, 3.63) is 28.3 Å². The summed E-state index contributed by atoms with van der Waals surface area (Å²) in [5, 5.41) is 9.06. The van der Waals surface area contributed by atoms with E-state index in [2.05, 4.69) is 5.73 Å². The number of hydrogen-bond donors (Lipinski definition) is 3. The normalized spacial score (nSPS) is 8.86. The van der Waals surface area contributed by atoms with Crippen molar-refractivity contribution in [3.8, 4) is 0 Å². The lowest BCUT2D eigenvalue weighted by molar-refractivity contribution is 0.0698. The van der Waals surface area contributed by atoms with Crippen LogP contribution in [0.2, 0.25) is 5.02 Å². The number of nitrogens with two attached hydrogens (primary N) is 2. The van der Waals surface area contributed by atoms with Crippen LogP contribution in [0, 0.1) is 6.92 Å². The number of aryl methyl sites for hydroxylation is 1. The molecule has 0 saturated carbocycles. The van der Waals surface area contributed by atoms with Gasteiger partial charge < -0.3 is 16.6 Å². The van der Waals surface area contributed by atoms with Crippen molar-refractivity contribution < 1.29 is 9.90 Å². The van der Waals surface area contributed by atoms with Crippen LogP contribution in [0.25, 0.3) is 0 Å². The van der Waals surface area contributed by atoms with E-state index in [1.807, 2.05) is 0 Å². The van der Waals surface area contributed by atoms with E-state index in [4.69, 9.17) is 22.4 Å². The van der Waals surface area contributed by atoms with E-state index >= 15 is 0 Å². The Labute approximate surface area is 87.5 Å².